The molecular formula is C21H22N2O4. The summed E-state index contributed by atoms with van der Waals surface area (Å²) in [4.78, 5) is 37.2. The quantitative estimate of drug-likeness (QED) is 0.819. The first-order chi connectivity index (χ1) is 13.0. The van der Waals surface area contributed by atoms with Crippen molar-refractivity contribution in [3.63, 3.8) is 0 Å². The van der Waals surface area contributed by atoms with Crippen molar-refractivity contribution < 1.29 is 19.5 Å². The summed E-state index contributed by atoms with van der Waals surface area (Å²) in [5, 5.41) is 11.9. The molecule has 1 heterocycles. The molecule has 1 aliphatic rings. The number of carboxylic acid groups (broad SMARTS) is 1. The standard InChI is InChI=1S/C21H22N2O4/c24-19(12-15-4-2-1-3-5-15)22-10-8-20(25)23-11-9-16-6-7-17(21(26)27)13-18(16)14-23/h1-7,13H,8-12,14H2,(H,22,24)(H,26,27). The minimum atomic E-state index is -0.970. The molecule has 0 aliphatic carbocycles. The van der Waals surface area contributed by atoms with Gasteiger partial charge in [-0.05, 0) is 35.2 Å². The third-order valence-electron chi connectivity index (χ3n) is 4.69. The Kier molecular flexibility index (Phi) is 5.86. The molecule has 0 bridgehead atoms. The van der Waals surface area contributed by atoms with Gasteiger partial charge >= 0.3 is 5.97 Å². The summed E-state index contributed by atoms with van der Waals surface area (Å²) in [7, 11) is 0. The fourth-order valence-electron chi connectivity index (χ4n) is 3.21. The molecule has 0 saturated carbocycles. The van der Waals surface area contributed by atoms with Gasteiger partial charge in [-0.3, -0.25) is 9.59 Å². The highest BCUT2D eigenvalue weighted by Crippen LogP contribution is 2.21. The van der Waals surface area contributed by atoms with E-state index in [1.807, 2.05) is 36.4 Å². The molecule has 2 amide bonds. The molecule has 0 saturated heterocycles. The van der Waals surface area contributed by atoms with Crippen LogP contribution in [0.1, 0.15) is 33.5 Å². The fourth-order valence-corrected chi connectivity index (χ4v) is 3.21. The number of nitrogens with one attached hydrogen (secondary N) is 1. The SMILES string of the molecule is O=C(Cc1ccccc1)NCCC(=O)N1CCc2ccc(C(=O)O)cc2C1. The van der Waals surface area contributed by atoms with Crippen molar-refractivity contribution in [1.29, 1.82) is 0 Å². The zero-order chi connectivity index (χ0) is 19.2. The van der Waals surface area contributed by atoms with Crippen LogP contribution in [0.4, 0.5) is 0 Å². The van der Waals surface area contributed by atoms with Crippen LogP contribution in [0.25, 0.3) is 0 Å². The van der Waals surface area contributed by atoms with Gasteiger partial charge in [0, 0.05) is 26.1 Å². The Morgan fingerprint density at radius 3 is 2.56 bits per heavy atom. The van der Waals surface area contributed by atoms with Crippen molar-refractivity contribution in [2.75, 3.05) is 13.1 Å². The highest BCUT2D eigenvalue weighted by Gasteiger charge is 2.21. The number of amides is 2. The fraction of sp³-hybridized carbons (Fsp3) is 0.286. The van der Waals surface area contributed by atoms with Crippen molar-refractivity contribution in [3.8, 4) is 0 Å². The molecule has 0 radical (unpaired) electrons. The largest absolute Gasteiger partial charge is 0.478 e. The average molecular weight is 366 g/mol. The van der Waals surface area contributed by atoms with E-state index in [1.54, 1.807) is 17.0 Å². The van der Waals surface area contributed by atoms with E-state index >= 15 is 0 Å². The van der Waals surface area contributed by atoms with Gasteiger partial charge in [0.15, 0.2) is 0 Å². The molecule has 2 N–H and O–H groups in total. The lowest BCUT2D eigenvalue weighted by atomic mass is 9.97. The first kappa shape index (κ1) is 18.6. The van der Waals surface area contributed by atoms with Gasteiger partial charge in [0.25, 0.3) is 0 Å². The van der Waals surface area contributed by atoms with Crippen LogP contribution in [0, 0.1) is 0 Å². The lowest BCUT2D eigenvalue weighted by Crippen LogP contribution is -2.38. The van der Waals surface area contributed by atoms with Gasteiger partial charge in [0.05, 0.1) is 12.0 Å². The Balaban J connectivity index is 1.48. The predicted molar refractivity (Wildman–Crippen MR) is 100 cm³/mol. The van der Waals surface area contributed by atoms with Crippen LogP contribution in [-0.4, -0.2) is 40.9 Å². The second-order valence-electron chi connectivity index (χ2n) is 6.62. The summed E-state index contributed by atoms with van der Waals surface area (Å²) in [5.41, 5.74) is 3.13. The van der Waals surface area contributed by atoms with Crippen LogP contribution in [0.3, 0.4) is 0 Å². The minimum absolute atomic E-state index is 0.0404. The van der Waals surface area contributed by atoms with E-state index in [4.69, 9.17) is 5.11 Å². The lowest BCUT2D eigenvalue weighted by Gasteiger charge is -2.29. The minimum Gasteiger partial charge on any atom is -0.478 e. The molecule has 2 aromatic carbocycles. The number of benzene rings is 2. The molecule has 6 nitrogen and oxygen atoms in total. The van der Waals surface area contributed by atoms with Crippen LogP contribution in [0.15, 0.2) is 48.5 Å². The predicted octanol–water partition coefficient (Wildman–Crippen LogP) is 2.02. The third-order valence-corrected chi connectivity index (χ3v) is 4.69. The van der Waals surface area contributed by atoms with Crippen LogP contribution >= 0.6 is 0 Å². The third kappa shape index (κ3) is 4.94. The van der Waals surface area contributed by atoms with Crippen LogP contribution in [0.2, 0.25) is 0 Å². The van der Waals surface area contributed by atoms with Gasteiger partial charge in [-0.1, -0.05) is 36.4 Å². The van der Waals surface area contributed by atoms with Gasteiger partial charge < -0.3 is 15.3 Å². The molecule has 0 spiro atoms. The highest BCUT2D eigenvalue weighted by atomic mass is 16.4. The number of carboxylic acids is 1. The second kappa shape index (κ2) is 8.49. The number of nitrogens with zero attached hydrogens (tertiary/aromatic N) is 1. The van der Waals surface area contributed by atoms with Crippen molar-refractivity contribution in [2.45, 2.75) is 25.8 Å². The Morgan fingerprint density at radius 2 is 1.81 bits per heavy atom. The molecule has 0 atom stereocenters. The number of carbonyl (C=O) groups is 3. The summed E-state index contributed by atoms with van der Waals surface area (Å²) < 4.78 is 0. The molecule has 1 aliphatic heterocycles. The van der Waals surface area contributed by atoms with Gasteiger partial charge in [-0.15, -0.1) is 0 Å². The average Bonchev–Trinajstić information content (AvgIpc) is 2.67. The molecule has 27 heavy (non-hydrogen) atoms. The van der Waals surface area contributed by atoms with E-state index in [-0.39, 0.29) is 23.8 Å². The normalized spacial score (nSPS) is 13.0. The maximum atomic E-state index is 12.4. The molecule has 2 aromatic rings. The molecule has 0 unspecified atom stereocenters. The smallest absolute Gasteiger partial charge is 0.335 e. The number of fused-ring (bicyclic) bond motifs is 1. The first-order valence-corrected chi connectivity index (χ1v) is 8.96. The van der Waals surface area contributed by atoms with E-state index in [1.165, 1.54) is 0 Å². The van der Waals surface area contributed by atoms with Crippen LogP contribution in [-0.2, 0) is 29.0 Å². The summed E-state index contributed by atoms with van der Waals surface area (Å²) in [6.07, 6.45) is 1.24. The first-order valence-electron chi connectivity index (χ1n) is 8.96. The Morgan fingerprint density at radius 1 is 1.04 bits per heavy atom. The maximum Gasteiger partial charge on any atom is 0.335 e. The van der Waals surface area contributed by atoms with Crippen molar-refractivity contribution in [2.24, 2.45) is 0 Å². The summed E-state index contributed by atoms with van der Waals surface area (Å²) in [6, 6.07) is 14.5. The molecule has 0 aromatic heterocycles. The number of rotatable bonds is 6. The van der Waals surface area contributed by atoms with E-state index in [9.17, 15) is 14.4 Å². The zero-order valence-electron chi connectivity index (χ0n) is 15.0. The van der Waals surface area contributed by atoms with E-state index < -0.39 is 5.97 Å². The van der Waals surface area contributed by atoms with Crippen molar-refractivity contribution >= 4 is 17.8 Å². The monoisotopic (exact) mass is 366 g/mol. The summed E-state index contributed by atoms with van der Waals surface area (Å²) >= 11 is 0. The van der Waals surface area contributed by atoms with Gasteiger partial charge in [0.1, 0.15) is 0 Å². The maximum absolute atomic E-state index is 12.4. The lowest BCUT2D eigenvalue weighted by molar-refractivity contribution is -0.132. The number of aromatic carboxylic acids is 1. The van der Waals surface area contributed by atoms with Crippen LogP contribution in [0.5, 0.6) is 0 Å². The van der Waals surface area contributed by atoms with Gasteiger partial charge in [-0.2, -0.15) is 0 Å². The molecule has 3 rings (SSSR count). The highest BCUT2D eigenvalue weighted by molar-refractivity contribution is 5.88. The summed E-state index contributed by atoms with van der Waals surface area (Å²) in [5.74, 6) is -1.12. The summed E-state index contributed by atoms with van der Waals surface area (Å²) in [6.45, 7) is 1.31. The van der Waals surface area contributed by atoms with Crippen molar-refractivity contribution in [3.05, 3.63) is 70.8 Å². The van der Waals surface area contributed by atoms with E-state index in [0.717, 1.165) is 16.7 Å². The molecule has 140 valence electrons. The molecule has 6 heteroatoms. The van der Waals surface area contributed by atoms with E-state index in [2.05, 4.69) is 5.32 Å². The zero-order valence-corrected chi connectivity index (χ0v) is 15.0. The van der Waals surface area contributed by atoms with Gasteiger partial charge in [0.2, 0.25) is 11.8 Å². The van der Waals surface area contributed by atoms with E-state index in [0.29, 0.717) is 32.5 Å². The Bertz CT molecular complexity index is 849. The second-order valence-corrected chi connectivity index (χ2v) is 6.62. The number of hydrogen-bond acceptors (Lipinski definition) is 3. The topological polar surface area (TPSA) is 86.7 Å². The van der Waals surface area contributed by atoms with Crippen molar-refractivity contribution in [1.82, 2.24) is 10.2 Å². The Labute approximate surface area is 157 Å². The Hall–Kier alpha value is -3.15. The number of carbonyl (C=O) groups excluding carboxylic acids is 2. The number of hydrogen-bond donors (Lipinski definition) is 2. The van der Waals surface area contributed by atoms with Crippen LogP contribution < -0.4 is 5.32 Å². The van der Waals surface area contributed by atoms with Gasteiger partial charge in [-0.25, -0.2) is 4.79 Å². The molecular weight excluding hydrogens is 344 g/mol. The molecule has 0 fully saturated rings.